The van der Waals surface area contributed by atoms with Crippen molar-refractivity contribution >= 4 is 27.4 Å². The molecule has 0 aliphatic carbocycles. The molecule has 146 valence electrons. The minimum Gasteiger partial charge on any atom is -0.497 e. The summed E-state index contributed by atoms with van der Waals surface area (Å²) in [5.74, 6) is -0.579. The van der Waals surface area contributed by atoms with E-state index in [1.165, 1.54) is 31.4 Å². The number of nitrogens with zero attached hydrogens (tertiary/aromatic N) is 1. The summed E-state index contributed by atoms with van der Waals surface area (Å²) in [5, 5.41) is 9.25. The van der Waals surface area contributed by atoms with Gasteiger partial charge in [0.2, 0.25) is 0 Å². The number of carboxylic acid groups (broad SMARTS) is 1. The van der Waals surface area contributed by atoms with Gasteiger partial charge >= 0.3 is 5.97 Å². The van der Waals surface area contributed by atoms with Crippen LogP contribution in [0, 0.1) is 0 Å². The SMILES string of the molecule is CCCCN(C)c1ccc(C(=O)O)cc1NS(=O)(=O)c1ccc(OC)cc1. The normalized spacial score (nSPS) is 11.1. The van der Waals surface area contributed by atoms with Crippen molar-refractivity contribution in [3.63, 3.8) is 0 Å². The van der Waals surface area contributed by atoms with Gasteiger partial charge in [-0.1, -0.05) is 13.3 Å². The number of carboxylic acids is 1. The number of nitrogens with one attached hydrogen (secondary N) is 1. The molecule has 0 aliphatic rings. The van der Waals surface area contributed by atoms with Crippen LogP contribution in [0.25, 0.3) is 0 Å². The summed E-state index contributed by atoms with van der Waals surface area (Å²) in [6, 6.07) is 10.4. The molecular weight excluding hydrogens is 368 g/mol. The second-order valence-corrected chi connectivity index (χ2v) is 7.78. The zero-order valence-corrected chi connectivity index (χ0v) is 16.4. The van der Waals surface area contributed by atoms with Crippen LogP contribution in [0.4, 0.5) is 11.4 Å². The molecule has 2 aromatic carbocycles. The highest BCUT2D eigenvalue weighted by atomic mass is 32.2. The first kappa shape index (κ1) is 20.6. The van der Waals surface area contributed by atoms with Gasteiger partial charge in [-0.3, -0.25) is 4.72 Å². The van der Waals surface area contributed by atoms with E-state index in [1.54, 1.807) is 18.2 Å². The molecular formula is C19H24N2O5S. The van der Waals surface area contributed by atoms with Crippen molar-refractivity contribution in [1.29, 1.82) is 0 Å². The Morgan fingerprint density at radius 1 is 1.19 bits per heavy atom. The summed E-state index contributed by atoms with van der Waals surface area (Å²) in [5.41, 5.74) is 0.852. The Morgan fingerprint density at radius 3 is 2.41 bits per heavy atom. The number of sulfonamides is 1. The molecule has 0 unspecified atom stereocenters. The van der Waals surface area contributed by atoms with Gasteiger partial charge in [0.25, 0.3) is 10.0 Å². The lowest BCUT2D eigenvalue weighted by Gasteiger charge is -2.23. The molecule has 2 N–H and O–H groups in total. The van der Waals surface area contributed by atoms with Crippen molar-refractivity contribution in [3.8, 4) is 5.75 Å². The van der Waals surface area contributed by atoms with E-state index in [-0.39, 0.29) is 16.1 Å². The fourth-order valence-corrected chi connectivity index (χ4v) is 3.62. The molecule has 0 aromatic heterocycles. The molecule has 0 heterocycles. The second-order valence-electron chi connectivity index (χ2n) is 6.09. The van der Waals surface area contributed by atoms with Gasteiger partial charge in [-0.2, -0.15) is 0 Å². The fourth-order valence-electron chi connectivity index (χ4n) is 2.56. The molecule has 0 aliphatic heterocycles. The van der Waals surface area contributed by atoms with Gasteiger partial charge in [0.05, 0.1) is 28.9 Å². The smallest absolute Gasteiger partial charge is 0.335 e. The quantitative estimate of drug-likeness (QED) is 0.679. The number of anilines is 2. The fraction of sp³-hybridized carbons (Fsp3) is 0.316. The highest BCUT2D eigenvalue weighted by Crippen LogP contribution is 2.29. The van der Waals surface area contributed by atoms with Crippen LogP contribution in [0.15, 0.2) is 47.4 Å². The second kappa shape index (κ2) is 8.77. The van der Waals surface area contributed by atoms with Crippen LogP contribution < -0.4 is 14.4 Å². The van der Waals surface area contributed by atoms with Gasteiger partial charge in [-0.05, 0) is 48.9 Å². The summed E-state index contributed by atoms with van der Waals surface area (Å²) >= 11 is 0. The minimum atomic E-state index is -3.88. The lowest BCUT2D eigenvalue weighted by Crippen LogP contribution is -2.22. The maximum atomic E-state index is 12.8. The molecule has 0 saturated heterocycles. The van der Waals surface area contributed by atoms with Crippen LogP contribution in [-0.2, 0) is 10.0 Å². The predicted molar refractivity (Wildman–Crippen MR) is 105 cm³/mol. The standard InChI is InChI=1S/C19H24N2O5S/c1-4-5-12-21(2)18-11-6-14(19(22)23)13-17(18)20-27(24,25)16-9-7-15(26-3)8-10-16/h6-11,13,20H,4-5,12H2,1-3H3,(H,22,23). The van der Waals surface area contributed by atoms with Crippen LogP contribution in [0.2, 0.25) is 0 Å². The minimum absolute atomic E-state index is 0.00933. The van der Waals surface area contributed by atoms with Crippen LogP contribution in [0.3, 0.4) is 0 Å². The maximum Gasteiger partial charge on any atom is 0.335 e. The average Bonchev–Trinajstić information content (AvgIpc) is 2.65. The molecule has 2 rings (SSSR count). The topological polar surface area (TPSA) is 95.9 Å². The Balaban J connectivity index is 2.41. The lowest BCUT2D eigenvalue weighted by atomic mass is 10.1. The third kappa shape index (κ3) is 5.13. The Morgan fingerprint density at radius 2 is 1.85 bits per heavy atom. The molecule has 7 nitrogen and oxygen atoms in total. The van der Waals surface area contributed by atoms with Crippen molar-refractivity contribution in [3.05, 3.63) is 48.0 Å². The van der Waals surface area contributed by atoms with Gasteiger partial charge < -0.3 is 14.7 Å². The Hall–Kier alpha value is -2.74. The van der Waals surface area contributed by atoms with E-state index in [4.69, 9.17) is 4.74 Å². The molecule has 0 amide bonds. The van der Waals surface area contributed by atoms with E-state index >= 15 is 0 Å². The van der Waals surface area contributed by atoms with E-state index in [1.807, 2.05) is 11.9 Å². The summed E-state index contributed by atoms with van der Waals surface area (Å²) in [4.78, 5) is 13.3. The largest absolute Gasteiger partial charge is 0.497 e. The molecule has 27 heavy (non-hydrogen) atoms. The maximum absolute atomic E-state index is 12.8. The number of aromatic carboxylic acids is 1. The number of rotatable bonds is 9. The molecule has 0 atom stereocenters. The zero-order valence-electron chi connectivity index (χ0n) is 15.6. The van der Waals surface area contributed by atoms with Gasteiger partial charge in [0, 0.05) is 13.6 Å². The van der Waals surface area contributed by atoms with E-state index in [2.05, 4.69) is 11.6 Å². The van der Waals surface area contributed by atoms with Crippen molar-refractivity contribution in [2.24, 2.45) is 0 Å². The zero-order chi connectivity index (χ0) is 20.0. The van der Waals surface area contributed by atoms with Crippen molar-refractivity contribution < 1.29 is 23.1 Å². The van der Waals surface area contributed by atoms with Crippen molar-refractivity contribution in [2.45, 2.75) is 24.7 Å². The van der Waals surface area contributed by atoms with Crippen LogP contribution in [0.5, 0.6) is 5.75 Å². The van der Waals surface area contributed by atoms with E-state index in [0.717, 1.165) is 19.4 Å². The Bertz CT molecular complexity index is 895. The first-order valence-corrected chi connectivity index (χ1v) is 10.0. The van der Waals surface area contributed by atoms with Gasteiger partial charge in [0.15, 0.2) is 0 Å². The van der Waals surface area contributed by atoms with E-state index in [9.17, 15) is 18.3 Å². The Kier molecular flexibility index (Phi) is 6.68. The van der Waals surface area contributed by atoms with Gasteiger partial charge in [0.1, 0.15) is 5.75 Å². The first-order valence-electron chi connectivity index (χ1n) is 8.54. The number of unbranched alkanes of at least 4 members (excludes halogenated alkanes) is 1. The molecule has 0 spiro atoms. The molecule has 0 fully saturated rings. The summed E-state index contributed by atoms with van der Waals surface area (Å²) in [7, 11) is -0.541. The first-order chi connectivity index (χ1) is 12.8. The number of benzene rings is 2. The van der Waals surface area contributed by atoms with Crippen LogP contribution in [0.1, 0.15) is 30.1 Å². The van der Waals surface area contributed by atoms with E-state index in [0.29, 0.717) is 11.4 Å². The average molecular weight is 392 g/mol. The molecule has 8 heteroatoms. The third-order valence-electron chi connectivity index (χ3n) is 4.12. The van der Waals surface area contributed by atoms with Crippen LogP contribution in [-0.4, -0.2) is 40.2 Å². The number of carbonyl (C=O) groups is 1. The predicted octanol–water partition coefficient (Wildman–Crippen LogP) is 3.43. The highest BCUT2D eigenvalue weighted by Gasteiger charge is 2.19. The number of methoxy groups -OCH3 is 1. The number of hydrogen-bond donors (Lipinski definition) is 2. The molecule has 0 saturated carbocycles. The summed E-state index contributed by atoms with van der Waals surface area (Å²) in [6.45, 7) is 2.79. The van der Waals surface area contributed by atoms with E-state index < -0.39 is 16.0 Å². The molecule has 2 aromatic rings. The summed E-state index contributed by atoms with van der Waals surface area (Å²) in [6.07, 6.45) is 1.92. The third-order valence-corrected chi connectivity index (χ3v) is 5.50. The highest BCUT2D eigenvalue weighted by molar-refractivity contribution is 7.92. The molecule has 0 bridgehead atoms. The lowest BCUT2D eigenvalue weighted by molar-refractivity contribution is 0.0697. The van der Waals surface area contributed by atoms with Gasteiger partial charge in [-0.15, -0.1) is 0 Å². The summed E-state index contributed by atoms with van der Waals surface area (Å²) < 4.78 is 33.1. The Labute approximate surface area is 159 Å². The number of ether oxygens (including phenoxy) is 1. The van der Waals surface area contributed by atoms with Crippen molar-refractivity contribution in [1.82, 2.24) is 0 Å². The van der Waals surface area contributed by atoms with Crippen LogP contribution >= 0.6 is 0 Å². The van der Waals surface area contributed by atoms with Crippen molar-refractivity contribution in [2.75, 3.05) is 30.3 Å². The molecule has 0 radical (unpaired) electrons. The number of hydrogen-bond acceptors (Lipinski definition) is 5. The van der Waals surface area contributed by atoms with Gasteiger partial charge in [-0.25, -0.2) is 13.2 Å². The monoisotopic (exact) mass is 392 g/mol.